The van der Waals surface area contributed by atoms with Crippen molar-refractivity contribution < 1.29 is 9.53 Å². The first kappa shape index (κ1) is 17.3. The number of rotatable bonds is 5. The number of likely N-dealkylation sites (N-methyl/N-ethyl adjacent to an activating group) is 1. The van der Waals surface area contributed by atoms with Gasteiger partial charge in [-0.25, -0.2) is 0 Å². The van der Waals surface area contributed by atoms with E-state index in [9.17, 15) is 4.79 Å². The molecule has 0 N–H and O–H groups in total. The van der Waals surface area contributed by atoms with Crippen molar-refractivity contribution in [3.63, 3.8) is 0 Å². The molecular weight excluding hydrogens is 300 g/mol. The smallest absolute Gasteiger partial charge is 0.230 e. The van der Waals surface area contributed by atoms with E-state index in [1.54, 1.807) is 7.11 Å². The highest BCUT2D eigenvalue weighted by Gasteiger charge is 2.35. The number of carbonyl (C=O) groups excluding carboxylic acids is 1. The number of carbonyl (C=O) groups is 1. The van der Waals surface area contributed by atoms with Crippen molar-refractivity contribution in [2.75, 3.05) is 39.8 Å². The zero-order chi connectivity index (χ0) is 16.9. The molecule has 24 heavy (non-hydrogen) atoms. The van der Waals surface area contributed by atoms with Crippen LogP contribution < -0.4 is 4.74 Å². The topological polar surface area (TPSA) is 32.8 Å². The van der Waals surface area contributed by atoms with Gasteiger partial charge in [0.1, 0.15) is 5.75 Å². The van der Waals surface area contributed by atoms with Crippen molar-refractivity contribution in [2.24, 2.45) is 5.92 Å². The summed E-state index contributed by atoms with van der Waals surface area (Å²) in [4.78, 5) is 17.8. The summed E-state index contributed by atoms with van der Waals surface area (Å²) >= 11 is 0. The van der Waals surface area contributed by atoms with Gasteiger partial charge in [0, 0.05) is 26.2 Å². The molecule has 4 nitrogen and oxygen atoms in total. The van der Waals surface area contributed by atoms with Crippen LogP contribution >= 0.6 is 0 Å². The Hall–Kier alpha value is -1.55. The number of methoxy groups -OCH3 is 1. The minimum atomic E-state index is 0.0200. The Labute approximate surface area is 145 Å². The number of hydrogen-bond acceptors (Lipinski definition) is 3. The minimum Gasteiger partial charge on any atom is -0.497 e. The third kappa shape index (κ3) is 3.75. The standard InChI is InChI=1S/C20H30N2O2/c1-3-21-12-14-22(15-13-21)20(23)19(16-6-4-5-7-16)17-8-10-18(24-2)11-9-17/h8-11,16,19H,3-7,12-15H2,1-2H3. The van der Waals surface area contributed by atoms with E-state index in [1.807, 2.05) is 12.1 Å². The molecule has 1 amide bonds. The molecular formula is C20H30N2O2. The molecule has 0 bridgehead atoms. The molecule has 2 aliphatic rings. The van der Waals surface area contributed by atoms with Crippen molar-refractivity contribution >= 4 is 5.91 Å². The number of amides is 1. The average molecular weight is 330 g/mol. The van der Waals surface area contributed by atoms with Crippen molar-refractivity contribution in [3.8, 4) is 5.75 Å². The van der Waals surface area contributed by atoms with Gasteiger partial charge in [-0.2, -0.15) is 0 Å². The van der Waals surface area contributed by atoms with Crippen LogP contribution in [0.5, 0.6) is 5.75 Å². The zero-order valence-corrected chi connectivity index (χ0v) is 15.0. The second-order valence-corrected chi connectivity index (χ2v) is 7.05. The highest BCUT2D eigenvalue weighted by molar-refractivity contribution is 5.84. The first-order valence-corrected chi connectivity index (χ1v) is 9.38. The fourth-order valence-corrected chi connectivity index (χ4v) is 4.20. The number of benzene rings is 1. The number of hydrogen-bond donors (Lipinski definition) is 0. The van der Waals surface area contributed by atoms with E-state index in [0.29, 0.717) is 11.8 Å². The Balaban J connectivity index is 1.77. The van der Waals surface area contributed by atoms with Crippen LogP contribution in [0.15, 0.2) is 24.3 Å². The monoisotopic (exact) mass is 330 g/mol. The summed E-state index contributed by atoms with van der Waals surface area (Å²) < 4.78 is 5.27. The first-order valence-electron chi connectivity index (χ1n) is 9.38. The molecule has 132 valence electrons. The predicted molar refractivity (Wildman–Crippen MR) is 96.4 cm³/mol. The molecule has 1 atom stereocenters. The van der Waals surface area contributed by atoms with Gasteiger partial charge in [-0.3, -0.25) is 4.79 Å². The van der Waals surface area contributed by atoms with Crippen molar-refractivity contribution in [1.82, 2.24) is 9.80 Å². The quantitative estimate of drug-likeness (QED) is 0.831. The van der Waals surface area contributed by atoms with E-state index in [4.69, 9.17) is 4.74 Å². The summed E-state index contributed by atoms with van der Waals surface area (Å²) in [6, 6.07) is 8.14. The van der Waals surface area contributed by atoms with Crippen molar-refractivity contribution in [2.45, 2.75) is 38.5 Å². The van der Waals surface area contributed by atoms with Crippen LogP contribution in [-0.4, -0.2) is 55.5 Å². The molecule has 0 spiro atoms. The third-order valence-corrected chi connectivity index (χ3v) is 5.74. The Morgan fingerprint density at radius 1 is 1.12 bits per heavy atom. The Morgan fingerprint density at radius 2 is 1.75 bits per heavy atom. The maximum atomic E-state index is 13.3. The van der Waals surface area contributed by atoms with Crippen molar-refractivity contribution in [1.29, 1.82) is 0 Å². The molecule has 1 aromatic rings. The first-order chi connectivity index (χ1) is 11.7. The van der Waals surface area contributed by atoms with E-state index in [2.05, 4.69) is 28.9 Å². The Morgan fingerprint density at radius 3 is 2.29 bits per heavy atom. The molecule has 0 radical (unpaired) electrons. The highest BCUT2D eigenvalue weighted by Crippen LogP contribution is 2.39. The normalized spacial score (nSPS) is 21.0. The van der Waals surface area contributed by atoms with Crippen LogP contribution in [0.3, 0.4) is 0 Å². The molecule has 1 saturated carbocycles. The predicted octanol–water partition coefficient (Wildman–Crippen LogP) is 3.13. The van der Waals surface area contributed by atoms with Crippen LogP contribution in [-0.2, 0) is 4.79 Å². The maximum Gasteiger partial charge on any atom is 0.230 e. The molecule has 1 aliphatic heterocycles. The van der Waals surface area contributed by atoms with Gasteiger partial charge in [-0.1, -0.05) is 31.9 Å². The van der Waals surface area contributed by atoms with E-state index in [-0.39, 0.29) is 5.92 Å². The molecule has 1 aromatic carbocycles. The van der Waals surface area contributed by atoms with Crippen LogP contribution in [0, 0.1) is 5.92 Å². The SMILES string of the molecule is CCN1CCN(C(=O)C(c2ccc(OC)cc2)C2CCCC2)CC1. The number of piperazine rings is 1. The highest BCUT2D eigenvalue weighted by atomic mass is 16.5. The zero-order valence-electron chi connectivity index (χ0n) is 15.0. The van der Waals surface area contributed by atoms with E-state index in [0.717, 1.165) is 44.0 Å². The lowest BCUT2D eigenvalue weighted by Crippen LogP contribution is -2.50. The van der Waals surface area contributed by atoms with Crippen molar-refractivity contribution in [3.05, 3.63) is 29.8 Å². The summed E-state index contributed by atoms with van der Waals surface area (Å²) in [6.45, 7) is 7.01. The van der Waals surface area contributed by atoms with Gasteiger partial charge >= 0.3 is 0 Å². The lowest BCUT2D eigenvalue weighted by Gasteiger charge is -2.37. The summed E-state index contributed by atoms with van der Waals surface area (Å²) in [5.74, 6) is 1.71. The van der Waals surface area contributed by atoms with E-state index in [1.165, 1.54) is 25.7 Å². The van der Waals surface area contributed by atoms with E-state index >= 15 is 0 Å². The van der Waals surface area contributed by atoms with Gasteiger partial charge < -0.3 is 14.5 Å². The second kappa shape index (κ2) is 8.02. The van der Waals surface area contributed by atoms with Gasteiger partial charge in [-0.05, 0) is 43.0 Å². The van der Waals surface area contributed by atoms with Gasteiger partial charge in [0.25, 0.3) is 0 Å². The molecule has 1 heterocycles. The lowest BCUT2D eigenvalue weighted by molar-refractivity contribution is -0.135. The molecule has 1 aliphatic carbocycles. The number of ether oxygens (including phenoxy) is 1. The summed E-state index contributed by atoms with van der Waals surface area (Å²) in [5.41, 5.74) is 1.16. The molecule has 2 fully saturated rings. The van der Waals surface area contributed by atoms with Crippen LogP contribution in [0.2, 0.25) is 0 Å². The van der Waals surface area contributed by atoms with Gasteiger partial charge in [0.05, 0.1) is 13.0 Å². The third-order valence-electron chi connectivity index (χ3n) is 5.74. The van der Waals surface area contributed by atoms with Gasteiger partial charge in [0.15, 0.2) is 0 Å². The molecule has 0 aromatic heterocycles. The molecule has 1 unspecified atom stereocenters. The summed E-state index contributed by atoms with van der Waals surface area (Å²) in [6.07, 6.45) is 4.87. The summed E-state index contributed by atoms with van der Waals surface area (Å²) in [7, 11) is 1.68. The average Bonchev–Trinajstić information content (AvgIpc) is 3.16. The lowest BCUT2D eigenvalue weighted by atomic mass is 9.83. The van der Waals surface area contributed by atoms with Crippen LogP contribution in [0.25, 0.3) is 0 Å². The second-order valence-electron chi connectivity index (χ2n) is 7.05. The van der Waals surface area contributed by atoms with E-state index < -0.39 is 0 Å². The molecule has 4 heteroatoms. The maximum absolute atomic E-state index is 13.3. The van der Waals surface area contributed by atoms with Crippen LogP contribution in [0.4, 0.5) is 0 Å². The fourth-order valence-electron chi connectivity index (χ4n) is 4.20. The van der Waals surface area contributed by atoms with Gasteiger partial charge in [0.2, 0.25) is 5.91 Å². The Kier molecular flexibility index (Phi) is 5.77. The minimum absolute atomic E-state index is 0.0200. The Bertz CT molecular complexity index is 529. The molecule has 1 saturated heterocycles. The van der Waals surface area contributed by atoms with Gasteiger partial charge in [-0.15, -0.1) is 0 Å². The number of nitrogens with zero attached hydrogens (tertiary/aromatic N) is 2. The van der Waals surface area contributed by atoms with Crippen LogP contribution in [0.1, 0.15) is 44.1 Å². The summed E-state index contributed by atoms with van der Waals surface area (Å²) in [5, 5.41) is 0. The largest absolute Gasteiger partial charge is 0.497 e. The fraction of sp³-hybridized carbons (Fsp3) is 0.650. The molecule has 3 rings (SSSR count).